The lowest BCUT2D eigenvalue weighted by Crippen LogP contribution is -2.14. The lowest BCUT2D eigenvalue weighted by atomic mass is 10.1. The van der Waals surface area contributed by atoms with E-state index in [0.29, 0.717) is 0 Å². The van der Waals surface area contributed by atoms with E-state index in [4.69, 9.17) is 27.7 Å². The molecule has 0 fully saturated rings. The zero-order chi connectivity index (χ0) is 19.9. The smallest absolute Gasteiger partial charge is 0.335 e. The maximum absolute atomic E-state index is 12.8. The van der Waals surface area contributed by atoms with Crippen LogP contribution >= 0.6 is 0 Å². The molecule has 0 saturated carbocycles. The molecule has 0 spiro atoms. The molecule has 134 valence electrons. The SMILES string of the molecule is N/C(=N\O)c1cc(F)cc(C(=O)O)c1.[C-]#[N+]c1cc(F)cc(C(=O)O)c1. The number of nitrogens with two attached hydrogens (primary N) is 1. The Morgan fingerprint density at radius 1 is 0.923 bits per heavy atom. The first-order valence-corrected chi connectivity index (χ1v) is 6.61. The van der Waals surface area contributed by atoms with Crippen LogP contribution in [0.1, 0.15) is 26.3 Å². The van der Waals surface area contributed by atoms with Crippen molar-refractivity contribution in [1.29, 1.82) is 0 Å². The molecule has 2 aromatic rings. The molecule has 0 aliphatic carbocycles. The molecule has 0 saturated heterocycles. The number of carbonyl (C=O) groups is 2. The zero-order valence-electron chi connectivity index (χ0n) is 12.8. The summed E-state index contributed by atoms with van der Waals surface area (Å²) >= 11 is 0. The Labute approximate surface area is 145 Å². The number of amidine groups is 1. The Hall–Kier alpha value is -4.00. The standard InChI is InChI=1S/C8H7FN2O3.C8H4FNO2/c9-6-2-4(7(10)11-14)1-5(3-6)8(12)13;1-10-7-3-5(8(11)12)2-6(9)4-7/h1-3,14H,(H2,10,11)(H,12,13);2-4H,(H,11,12). The first-order chi connectivity index (χ1) is 12.2. The number of oxime groups is 1. The molecule has 26 heavy (non-hydrogen) atoms. The summed E-state index contributed by atoms with van der Waals surface area (Å²) in [7, 11) is 0. The van der Waals surface area contributed by atoms with Gasteiger partial charge in [0.1, 0.15) is 11.6 Å². The Morgan fingerprint density at radius 3 is 1.85 bits per heavy atom. The van der Waals surface area contributed by atoms with Crippen molar-refractivity contribution in [3.05, 3.63) is 76.1 Å². The summed E-state index contributed by atoms with van der Waals surface area (Å²) in [6.45, 7) is 6.54. The highest BCUT2D eigenvalue weighted by atomic mass is 19.1. The number of hydrogen-bond acceptors (Lipinski definition) is 4. The molecule has 0 unspecified atom stereocenters. The van der Waals surface area contributed by atoms with Crippen LogP contribution in [0.5, 0.6) is 0 Å². The van der Waals surface area contributed by atoms with Crippen LogP contribution in [0.3, 0.4) is 0 Å². The summed E-state index contributed by atoms with van der Waals surface area (Å²) in [5.41, 5.74) is 4.72. The van der Waals surface area contributed by atoms with Gasteiger partial charge in [0.2, 0.25) is 0 Å². The number of benzene rings is 2. The average molecular weight is 363 g/mol. The highest BCUT2D eigenvalue weighted by molar-refractivity contribution is 5.99. The van der Waals surface area contributed by atoms with Crippen LogP contribution in [-0.2, 0) is 0 Å². The van der Waals surface area contributed by atoms with Crippen molar-refractivity contribution < 1.29 is 33.8 Å². The molecule has 0 heterocycles. The number of carboxylic acids is 2. The number of carboxylic acid groups (broad SMARTS) is 2. The molecule has 0 aliphatic heterocycles. The molecular weight excluding hydrogens is 352 g/mol. The van der Waals surface area contributed by atoms with E-state index >= 15 is 0 Å². The highest BCUT2D eigenvalue weighted by Crippen LogP contribution is 2.16. The molecule has 10 heteroatoms. The van der Waals surface area contributed by atoms with Gasteiger partial charge in [-0.15, -0.1) is 0 Å². The van der Waals surface area contributed by atoms with Crippen LogP contribution < -0.4 is 5.73 Å². The van der Waals surface area contributed by atoms with Gasteiger partial charge in [0.25, 0.3) is 0 Å². The molecular formula is C16H11F2N3O5. The normalized spacial score (nSPS) is 10.3. The second-order valence-electron chi connectivity index (χ2n) is 4.63. The largest absolute Gasteiger partial charge is 0.478 e. The first-order valence-electron chi connectivity index (χ1n) is 6.61. The second kappa shape index (κ2) is 8.74. The Balaban J connectivity index is 0.000000263. The van der Waals surface area contributed by atoms with E-state index in [1.807, 2.05) is 0 Å². The van der Waals surface area contributed by atoms with Crippen molar-refractivity contribution >= 4 is 23.5 Å². The highest BCUT2D eigenvalue weighted by Gasteiger charge is 2.09. The van der Waals surface area contributed by atoms with Gasteiger partial charge in [0, 0.05) is 5.56 Å². The van der Waals surface area contributed by atoms with Gasteiger partial charge in [-0.3, -0.25) is 0 Å². The van der Waals surface area contributed by atoms with E-state index in [0.717, 1.165) is 36.4 Å². The summed E-state index contributed by atoms with van der Waals surface area (Å²) in [4.78, 5) is 23.8. The van der Waals surface area contributed by atoms with Gasteiger partial charge in [-0.2, -0.15) is 0 Å². The van der Waals surface area contributed by atoms with Crippen LogP contribution in [-0.4, -0.2) is 33.2 Å². The number of hydrogen-bond donors (Lipinski definition) is 4. The van der Waals surface area contributed by atoms with Gasteiger partial charge in [-0.25, -0.2) is 23.2 Å². The minimum absolute atomic E-state index is 0.00704. The minimum Gasteiger partial charge on any atom is -0.478 e. The summed E-state index contributed by atoms with van der Waals surface area (Å²) < 4.78 is 25.4. The minimum atomic E-state index is -1.28. The Morgan fingerprint density at radius 2 is 1.38 bits per heavy atom. The molecule has 8 nitrogen and oxygen atoms in total. The second-order valence-corrected chi connectivity index (χ2v) is 4.63. The number of halogens is 2. The molecule has 2 rings (SSSR count). The molecule has 0 amide bonds. The lowest BCUT2D eigenvalue weighted by molar-refractivity contribution is 0.0685. The third kappa shape index (κ3) is 5.57. The Bertz CT molecular complexity index is 923. The van der Waals surface area contributed by atoms with Crippen molar-refractivity contribution in [3.8, 4) is 0 Å². The third-order valence-corrected chi connectivity index (χ3v) is 2.81. The fourth-order valence-electron chi connectivity index (χ4n) is 1.68. The van der Waals surface area contributed by atoms with Crippen LogP contribution in [0, 0.1) is 18.2 Å². The van der Waals surface area contributed by atoms with Gasteiger partial charge in [-0.1, -0.05) is 5.16 Å². The summed E-state index contributed by atoms with van der Waals surface area (Å²) in [6, 6.07) is 5.91. The van der Waals surface area contributed by atoms with Crippen LogP contribution in [0.25, 0.3) is 4.85 Å². The van der Waals surface area contributed by atoms with Crippen molar-refractivity contribution in [2.24, 2.45) is 10.9 Å². The molecule has 5 N–H and O–H groups in total. The predicted molar refractivity (Wildman–Crippen MR) is 85.5 cm³/mol. The van der Waals surface area contributed by atoms with Crippen molar-refractivity contribution in [2.75, 3.05) is 0 Å². The fraction of sp³-hybridized carbons (Fsp3) is 0. The Kier molecular flexibility index (Phi) is 6.74. The monoisotopic (exact) mass is 363 g/mol. The van der Waals surface area contributed by atoms with E-state index in [-0.39, 0.29) is 28.2 Å². The van der Waals surface area contributed by atoms with Crippen molar-refractivity contribution in [1.82, 2.24) is 0 Å². The van der Waals surface area contributed by atoms with Crippen LogP contribution in [0.15, 0.2) is 41.6 Å². The number of nitrogens with zero attached hydrogens (tertiary/aromatic N) is 2. The molecule has 2 aromatic carbocycles. The van der Waals surface area contributed by atoms with E-state index in [9.17, 15) is 18.4 Å². The van der Waals surface area contributed by atoms with E-state index in [1.54, 1.807) is 0 Å². The van der Waals surface area contributed by atoms with Gasteiger partial charge in [0.05, 0.1) is 17.7 Å². The third-order valence-electron chi connectivity index (χ3n) is 2.81. The molecule has 0 atom stereocenters. The predicted octanol–water partition coefficient (Wildman–Crippen LogP) is 2.69. The molecule has 0 aliphatic rings. The van der Waals surface area contributed by atoms with Crippen molar-refractivity contribution in [3.63, 3.8) is 0 Å². The average Bonchev–Trinajstić information content (AvgIpc) is 2.60. The molecule has 0 bridgehead atoms. The maximum atomic E-state index is 12.8. The van der Waals surface area contributed by atoms with Crippen LogP contribution in [0.4, 0.5) is 14.5 Å². The fourth-order valence-corrected chi connectivity index (χ4v) is 1.68. The van der Waals surface area contributed by atoms with Gasteiger partial charge in [0.15, 0.2) is 11.5 Å². The van der Waals surface area contributed by atoms with Crippen LogP contribution in [0.2, 0.25) is 0 Å². The summed E-state index contributed by atoms with van der Waals surface area (Å²) in [6.07, 6.45) is 0. The molecule has 0 aromatic heterocycles. The lowest BCUT2D eigenvalue weighted by Gasteiger charge is -2.00. The number of aromatic carboxylic acids is 2. The van der Waals surface area contributed by atoms with E-state index in [2.05, 4.69) is 10.0 Å². The maximum Gasteiger partial charge on any atom is 0.335 e. The van der Waals surface area contributed by atoms with E-state index in [1.165, 1.54) is 0 Å². The van der Waals surface area contributed by atoms with E-state index < -0.39 is 23.6 Å². The first kappa shape index (κ1) is 20.0. The zero-order valence-corrected chi connectivity index (χ0v) is 12.8. The molecule has 0 radical (unpaired) electrons. The summed E-state index contributed by atoms with van der Waals surface area (Å²) in [5.74, 6) is -4.32. The summed E-state index contributed by atoms with van der Waals surface area (Å²) in [5, 5.41) is 28.0. The van der Waals surface area contributed by atoms with Gasteiger partial charge in [-0.05, 0) is 36.4 Å². The van der Waals surface area contributed by atoms with Gasteiger partial charge >= 0.3 is 11.9 Å². The topological polar surface area (TPSA) is 138 Å². The van der Waals surface area contributed by atoms with Gasteiger partial charge < -0.3 is 21.2 Å². The quantitative estimate of drug-likeness (QED) is 0.217. The number of rotatable bonds is 3. The van der Waals surface area contributed by atoms with Crippen molar-refractivity contribution in [2.45, 2.75) is 0 Å².